The average molecular weight is 289 g/mol. The van der Waals surface area contributed by atoms with Crippen LogP contribution in [0.25, 0.3) is 0 Å². The lowest BCUT2D eigenvalue weighted by Gasteiger charge is -2.33. The molecule has 4 heteroatoms. The van der Waals surface area contributed by atoms with Crippen molar-refractivity contribution < 1.29 is 14.7 Å². The van der Waals surface area contributed by atoms with E-state index in [1.54, 1.807) is 13.0 Å². The Bertz CT molecular complexity index is 574. The number of hydrogen-bond acceptors (Lipinski definition) is 2. The van der Waals surface area contributed by atoms with Gasteiger partial charge in [-0.05, 0) is 36.8 Å². The van der Waals surface area contributed by atoms with Crippen molar-refractivity contribution in [2.75, 3.05) is 6.54 Å². The van der Waals surface area contributed by atoms with Gasteiger partial charge in [0.25, 0.3) is 5.91 Å². The number of likely N-dealkylation sites (tertiary alicyclic amines) is 1. The summed E-state index contributed by atoms with van der Waals surface area (Å²) in [7, 11) is 0. The summed E-state index contributed by atoms with van der Waals surface area (Å²) in [6, 6.07) is 7.49. The number of nitrogens with zero attached hydrogens (tertiary/aromatic N) is 1. The second-order valence-electron chi connectivity index (χ2n) is 6.93. The zero-order chi connectivity index (χ0) is 15.8. The Morgan fingerprint density at radius 2 is 1.86 bits per heavy atom. The highest BCUT2D eigenvalue weighted by atomic mass is 16.4. The van der Waals surface area contributed by atoms with Crippen LogP contribution in [0, 0.1) is 0 Å². The Kier molecular flexibility index (Phi) is 3.83. The van der Waals surface area contributed by atoms with E-state index < -0.39 is 11.5 Å². The fraction of sp³-hybridized carbons (Fsp3) is 0.529. The fourth-order valence-electron chi connectivity index (χ4n) is 2.98. The number of amides is 1. The molecule has 0 bridgehead atoms. The molecule has 0 aliphatic carbocycles. The molecular formula is C17H23NO3. The van der Waals surface area contributed by atoms with Gasteiger partial charge in [-0.3, -0.25) is 4.79 Å². The zero-order valence-corrected chi connectivity index (χ0v) is 13.1. The van der Waals surface area contributed by atoms with Crippen molar-refractivity contribution in [3.8, 4) is 0 Å². The van der Waals surface area contributed by atoms with Crippen molar-refractivity contribution in [1.82, 2.24) is 4.90 Å². The smallest absolute Gasteiger partial charge is 0.329 e. The molecule has 1 unspecified atom stereocenters. The quantitative estimate of drug-likeness (QED) is 0.910. The maximum Gasteiger partial charge on any atom is 0.329 e. The fourth-order valence-corrected chi connectivity index (χ4v) is 2.98. The first-order valence-corrected chi connectivity index (χ1v) is 7.33. The minimum absolute atomic E-state index is 0.161. The minimum atomic E-state index is -1.10. The number of carbonyl (C=O) groups is 2. The van der Waals surface area contributed by atoms with Crippen molar-refractivity contribution in [2.24, 2.45) is 0 Å². The topological polar surface area (TPSA) is 57.6 Å². The van der Waals surface area contributed by atoms with E-state index in [4.69, 9.17) is 0 Å². The van der Waals surface area contributed by atoms with E-state index in [1.165, 1.54) is 4.90 Å². The highest BCUT2D eigenvalue weighted by Gasteiger charge is 2.46. The summed E-state index contributed by atoms with van der Waals surface area (Å²) in [5.41, 5.74) is 0.308. The number of carbonyl (C=O) groups excluding carboxylic acids is 1. The number of aliphatic carboxylic acids is 1. The van der Waals surface area contributed by atoms with Gasteiger partial charge in [-0.15, -0.1) is 0 Å². The van der Waals surface area contributed by atoms with Crippen LogP contribution in [0.1, 0.15) is 56.5 Å². The first kappa shape index (κ1) is 15.5. The van der Waals surface area contributed by atoms with Crippen LogP contribution in [0.2, 0.25) is 0 Å². The van der Waals surface area contributed by atoms with Gasteiger partial charge in [0.05, 0.1) is 0 Å². The first-order valence-electron chi connectivity index (χ1n) is 7.33. The molecule has 0 aromatic heterocycles. The summed E-state index contributed by atoms with van der Waals surface area (Å²) in [5, 5.41) is 9.47. The summed E-state index contributed by atoms with van der Waals surface area (Å²) in [5.74, 6) is -1.11. The Hall–Kier alpha value is -1.84. The summed E-state index contributed by atoms with van der Waals surface area (Å²) in [6.45, 7) is 8.30. The predicted molar refractivity (Wildman–Crippen MR) is 81.5 cm³/mol. The third-order valence-electron chi connectivity index (χ3n) is 4.31. The van der Waals surface area contributed by atoms with Gasteiger partial charge in [-0.1, -0.05) is 39.0 Å². The molecule has 1 fully saturated rings. The lowest BCUT2D eigenvalue weighted by Crippen LogP contribution is -2.51. The van der Waals surface area contributed by atoms with Crippen LogP contribution in [-0.4, -0.2) is 34.0 Å². The molecule has 1 saturated heterocycles. The molecule has 114 valence electrons. The average Bonchev–Trinajstić information content (AvgIpc) is 2.80. The van der Waals surface area contributed by atoms with E-state index in [0.717, 1.165) is 12.0 Å². The summed E-state index contributed by atoms with van der Waals surface area (Å²) in [6.07, 6.45) is 1.23. The third kappa shape index (κ3) is 2.67. The van der Waals surface area contributed by atoms with Gasteiger partial charge in [-0.2, -0.15) is 0 Å². The predicted octanol–water partition coefficient (Wildman–Crippen LogP) is 3.06. The van der Waals surface area contributed by atoms with Crippen LogP contribution in [0.15, 0.2) is 24.3 Å². The van der Waals surface area contributed by atoms with Gasteiger partial charge in [0, 0.05) is 12.1 Å². The van der Waals surface area contributed by atoms with Gasteiger partial charge >= 0.3 is 5.97 Å². The van der Waals surface area contributed by atoms with Crippen LogP contribution >= 0.6 is 0 Å². The number of carboxylic acids is 1. The number of benzene rings is 1. The van der Waals surface area contributed by atoms with Crippen molar-refractivity contribution in [1.29, 1.82) is 0 Å². The Balaban J connectivity index is 2.44. The normalized spacial score (nSPS) is 22.4. The van der Waals surface area contributed by atoms with Crippen LogP contribution in [0.4, 0.5) is 0 Å². The molecule has 1 N–H and O–H groups in total. The van der Waals surface area contributed by atoms with Gasteiger partial charge in [0.15, 0.2) is 0 Å². The monoisotopic (exact) mass is 289 g/mol. The van der Waals surface area contributed by atoms with Crippen LogP contribution < -0.4 is 0 Å². The van der Waals surface area contributed by atoms with E-state index in [0.29, 0.717) is 18.5 Å². The van der Waals surface area contributed by atoms with Crippen molar-refractivity contribution >= 4 is 11.9 Å². The Morgan fingerprint density at radius 3 is 2.43 bits per heavy atom. The first-order chi connectivity index (χ1) is 9.68. The molecular weight excluding hydrogens is 266 g/mol. The van der Waals surface area contributed by atoms with Crippen LogP contribution in [0.5, 0.6) is 0 Å². The van der Waals surface area contributed by atoms with Crippen molar-refractivity contribution in [3.63, 3.8) is 0 Å². The van der Waals surface area contributed by atoms with Crippen LogP contribution in [-0.2, 0) is 10.2 Å². The molecule has 1 atom stereocenters. The molecule has 0 radical (unpaired) electrons. The number of carboxylic acid groups (broad SMARTS) is 1. The van der Waals surface area contributed by atoms with Gasteiger partial charge < -0.3 is 10.0 Å². The molecule has 0 saturated carbocycles. The van der Waals surface area contributed by atoms with E-state index in [1.807, 2.05) is 18.2 Å². The molecule has 1 aliphatic heterocycles. The molecule has 4 nitrogen and oxygen atoms in total. The van der Waals surface area contributed by atoms with E-state index in [2.05, 4.69) is 20.8 Å². The lowest BCUT2D eigenvalue weighted by atomic mass is 9.83. The molecule has 21 heavy (non-hydrogen) atoms. The van der Waals surface area contributed by atoms with Gasteiger partial charge in [0.2, 0.25) is 0 Å². The van der Waals surface area contributed by atoms with Crippen LogP contribution in [0.3, 0.4) is 0 Å². The zero-order valence-electron chi connectivity index (χ0n) is 13.1. The van der Waals surface area contributed by atoms with Gasteiger partial charge in [-0.25, -0.2) is 4.79 Å². The molecule has 1 amide bonds. The second kappa shape index (κ2) is 5.17. The maximum absolute atomic E-state index is 12.9. The molecule has 0 spiro atoms. The number of rotatable bonds is 2. The Morgan fingerprint density at radius 1 is 1.24 bits per heavy atom. The highest BCUT2D eigenvalue weighted by Crippen LogP contribution is 2.33. The molecule has 1 heterocycles. The highest BCUT2D eigenvalue weighted by molar-refractivity contribution is 5.99. The van der Waals surface area contributed by atoms with E-state index in [9.17, 15) is 14.7 Å². The molecule has 1 aromatic carbocycles. The maximum atomic E-state index is 12.9. The lowest BCUT2D eigenvalue weighted by molar-refractivity contribution is -0.147. The SMILES string of the molecule is CC(C)(C)c1ccccc1C(=O)N1CCCC1(C)C(=O)O. The van der Waals surface area contributed by atoms with E-state index >= 15 is 0 Å². The standard InChI is InChI=1S/C17H23NO3/c1-16(2,3)13-9-6-5-8-12(13)14(19)18-11-7-10-17(18,4)15(20)21/h5-6,8-9H,7,10-11H2,1-4H3,(H,20,21). The van der Waals surface area contributed by atoms with Gasteiger partial charge in [0.1, 0.15) is 5.54 Å². The summed E-state index contributed by atoms with van der Waals surface area (Å²) >= 11 is 0. The van der Waals surface area contributed by atoms with E-state index in [-0.39, 0.29) is 11.3 Å². The largest absolute Gasteiger partial charge is 0.480 e. The molecule has 1 aliphatic rings. The third-order valence-corrected chi connectivity index (χ3v) is 4.31. The molecule has 2 rings (SSSR count). The molecule has 1 aromatic rings. The summed E-state index contributed by atoms with van der Waals surface area (Å²) in [4.78, 5) is 26.0. The minimum Gasteiger partial charge on any atom is -0.480 e. The van der Waals surface area contributed by atoms with Crippen molar-refractivity contribution in [2.45, 2.75) is 51.5 Å². The Labute approximate surface area is 125 Å². The number of hydrogen-bond donors (Lipinski definition) is 1. The second-order valence-corrected chi connectivity index (χ2v) is 6.93. The van der Waals surface area contributed by atoms with Crippen molar-refractivity contribution in [3.05, 3.63) is 35.4 Å². The summed E-state index contributed by atoms with van der Waals surface area (Å²) < 4.78 is 0.